The molecule has 1 heterocycles. The summed E-state index contributed by atoms with van der Waals surface area (Å²) in [6, 6.07) is 5.33. The van der Waals surface area contributed by atoms with Gasteiger partial charge in [-0.1, -0.05) is 15.9 Å². The van der Waals surface area contributed by atoms with Crippen molar-refractivity contribution in [2.24, 2.45) is 5.92 Å². The number of carbonyl (C=O) groups excluding carboxylic acids is 2. The zero-order valence-corrected chi connectivity index (χ0v) is 14.9. The van der Waals surface area contributed by atoms with Crippen molar-refractivity contribution in [3.63, 3.8) is 0 Å². The second kappa shape index (κ2) is 8.39. The van der Waals surface area contributed by atoms with E-state index in [4.69, 9.17) is 5.73 Å². The predicted octanol–water partition coefficient (Wildman–Crippen LogP) is 2.44. The molecule has 1 aromatic rings. The van der Waals surface area contributed by atoms with Crippen LogP contribution in [0.15, 0.2) is 22.7 Å². The van der Waals surface area contributed by atoms with Crippen LogP contribution in [0.4, 0.5) is 5.69 Å². The van der Waals surface area contributed by atoms with E-state index in [1.807, 2.05) is 11.0 Å². The summed E-state index contributed by atoms with van der Waals surface area (Å²) in [5.74, 6) is 0.425. The molecule has 1 fully saturated rings. The molecule has 1 saturated heterocycles. The first-order chi connectivity index (χ1) is 9.97. The number of hydrogen-bond acceptors (Lipinski definition) is 3. The number of benzene rings is 1. The van der Waals surface area contributed by atoms with Crippen LogP contribution in [0.3, 0.4) is 0 Å². The van der Waals surface area contributed by atoms with Gasteiger partial charge in [-0.2, -0.15) is 0 Å². The molecule has 1 aromatic carbocycles. The van der Waals surface area contributed by atoms with Crippen molar-refractivity contribution < 1.29 is 9.59 Å². The maximum Gasteiger partial charge on any atom is 0.255 e. The van der Waals surface area contributed by atoms with Gasteiger partial charge in [0.05, 0.1) is 5.56 Å². The molecule has 0 radical (unpaired) electrons. The van der Waals surface area contributed by atoms with Gasteiger partial charge in [-0.05, 0) is 37.0 Å². The standard InChI is InChI=1S/C15H20BrN3O2.ClH/c1-10(20)18-9-11-4-6-19(7-5-11)15(21)13-3-2-12(16)8-14(13)17;/h2-3,8,11H,4-7,9,17H2,1H3,(H,18,20);1H. The topological polar surface area (TPSA) is 75.4 Å². The highest BCUT2D eigenvalue weighted by molar-refractivity contribution is 9.10. The summed E-state index contributed by atoms with van der Waals surface area (Å²) in [6.07, 6.45) is 1.81. The first kappa shape index (κ1) is 18.8. The summed E-state index contributed by atoms with van der Waals surface area (Å²) >= 11 is 3.34. The second-order valence-electron chi connectivity index (χ2n) is 5.40. The average Bonchev–Trinajstić information content (AvgIpc) is 2.45. The van der Waals surface area contributed by atoms with Gasteiger partial charge in [0.15, 0.2) is 0 Å². The van der Waals surface area contributed by atoms with Crippen LogP contribution >= 0.6 is 28.3 Å². The van der Waals surface area contributed by atoms with Gasteiger partial charge in [-0.25, -0.2) is 0 Å². The number of carbonyl (C=O) groups is 2. The number of halogens is 2. The van der Waals surface area contributed by atoms with Crippen LogP contribution in [0, 0.1) is 5.92 Å². The Morgan fingerprint density at radius 1 is 1.36 bits per heavy atom. The lowest BCUT2D eigenvalue weighted by molar-refractivity contribution is -0.119. The van der Waals surface area contributed by atoms with Gasteiger partial charge in [0.1, 0.15) is 0 Å². The molecule has 0 aromatic heterocycles. The zero-order chi connectivity index (χ0) is 15.4. The van der Waals surface area contributed by atoms with Crippen molar-refractivity contribution >= 4 is 45.8 Å². The van der Waals surface area contributed by atoms with E-state index in [1.54, 1.807) is 12.1 Å². The molecule has 5 nitrogen and oxygen atoms in total. The summed E-state index contributed by atoms with van der Waals surface area (Å²) in [5.41, 5.74) is 6.96. The molecule has 0 spiro atoms. The molecule has 2 amide bonds. The minimum absolute atomic E-state index is 0. The van der Waals surface area contributed by atoms with Gasteiger partial charge < -0.3 is 16.0 Å². The molecular weight excluding hydrogens is 370 g/mol. The number of nitrogens with two attached hydrogens (primary N) is 1. The van der Waals surface area contributed by atoms with Gasteiger partial charge in [0.2, 0.25) is 5.91 Å². The van der Waals surface area contributed by atoms with Gasteiger partial charge >= 0.3 is 0 Å². The quantitative estimate of drug-likeness (QED) is 0.778. The molecule has 0 atom stereocenters. The highest BCUT2D eigenvalue weighted by atomic mass is 79.9. The Bertz CT molecular complexity index is 546. The Morgan fingerprint density at radius 2 is 2.00 bits per heavy atom. The molecule has 7 heteroatoms. The maximum atomic E-state index is 12.5. The van der Waals surface area contributed by atoms with Crippen molar-refractivity contribution in [3.8, 4) is 0 Å². The highest BCUT2D eigenvalue weighted by Crippen LogP contribution is 2.23. The van der Waals surface area contributed by atoms with E-state index in [1.165, 1.54) is 6.92 Å². The molecule has 2 rings (SSSR count). The molecule has 1 aliphatic rings. The second-order valence-corrected chi connectivity index (χ2v) is 6.32. The van der Waals surface area contributed by atoms with Crippen LogP contribution in [0.2, 0.25) is 0 Å². The zero-order valence-electron chi connectivity index (χ0n) is 12.5. The number of likely N-dealkylation sites (tertiary alicyclic amines) is 1. The summed E-state index contributed by atoms with van der Waals surface area (Å²) in [7, 11) is 0. The fourth-order valence-electron chi connectivity index (χ4n) is 2.53. The SMILES string of the molecule is CC(=O)NCC1CCN(C(=O)c2ccc(Br)cc2N)CC1.Cl. The summed E-state index contributed by atoms with van der Waals surface area (Å²) in [5, 5.41) is 2.84. The van der Waals surface area contributed by atoms with Gasteiger partial charge in [-0.15, -0.1) is 12.4 Å². The van der Waals surface area contributed by atoms with Crippen molar-refractivity contribution in [1.29, 1.82) is 0 Å². The first-order valence-corrected chi connectivity index (χ1v) is 7.85. The normalized spacial score (nSPS) is 15.1. The molecule has 22 heavy (non-hydrogen) atoms. The van der Waals surface area contributed by atoms with Gasteiger partial charge in [-0.3, -0.25) is 9.59 Å². The molecule has 0 unspecified atom stereocenters. The maximum absolute atomic E-state index is 12.5. The third-order valence-electron chi connectivity index (χ3n) is 3.79. The Morgan fingerprint density at radius 3 is 2.55 bits per heavy atom. The monoisotopic (exact) mass is 389 g/mol. The van der Waals surface area contributed by atoms with E-state index >= 15 is 0 Å². The molecule has 3 N–H and O–H groups in total. The van der Waals surface area contributed by atoms with E-state index in [0.717, 1.165) is 17.3 Å². The Kier molecular flexibility index (Phi) is 7.16. The fourth-order valence-corrected chi connectivity index (χ4v) is 2.91. The van der Waals surface area contributed by atoms with Crippen molar-refractivity contribution in [1.82, 2.24) is 10.2 Å². The summed E-state index contributed by atoms with van der Waals surface area (Å²) in [4.78, 5) is 25.2. The minimum atomic E-state index is -0.0158. The van der Waals surface area contributed by atoms with Crippen molar-refractivity contribution in [3.05, 3.63) is 28.2 Å². The fraction of sp³-hybridized carbons (Fsp3) is 0.467. The Balaban J connectivity index is 0.00000242. The van der Waals surface area contributed by atoms with Crippen LogP contribution in [0.1, 0.15) is 30.1 Å². The number of nitrogens with zero attached hydrogens (tertiary/aromatic N) is 1. The van der Waals surface area contributed by atoms with E-state index in [2.05, 4.69) is 21.2 Å². The van der Waals surface area contributed by atoms with E-state index < -0.39 is 0 Å². The molecule has 0 saturated carbocycles. The third-order valence-corrected chi connectivity index (χ3v) is 4.28. The highest BCUT2D eigenvalue weighted by Gasteiger charge is 2.24. The van der Waals surface area contributed by atoms with Crippen molar-refractivity contribution in [2.45, 2.75) is 19.8 Å². The molecule has 0 aliphatic carbocycles. The van der Waals surface area contributed by atoms with E-state index in [0.29, 0.717) is 36.8 Å². The molecule has 1 aliphatic heterocycles. The first-order valence-electron chi connectivity index (χ1n) is 7.06. The van der Waals surface area contributed by atoms with Crippen LogP contribution in [0.5, 0.6) is 0 Å². The Hall–Kier alpha value is -1.27. The number of rotatable bonds is 3. The molecule has 122 valence electrons. The lowest BCUT2D eigenvalue weighted by atomic mass is 9.96. The number of anilines is 1. The van der Waals surface area contributed by atoms with Crippen LogP contribution in [0.25, 0.3) is 0 Å². The van der Waals surface area contributed by atoms with Crippen LogP contribution in [-0.2, 0) is 4.79 Å². The summed E-state index contributed by atoms with van der Waals surface area (Å²) < 4.78 is 0.866. The lowest BCUT2D eigenvalue weighted by Gasteiger charge is -2.32. The lowest BCUT2D eigenvalue weighted by Crippen LogP contribution is -2.41. The van der Waals surface area contributed by atoms with E-state index in [9.17, 15) is 9.59 Å². The minimum Gasteiger partial charge on any atom is -0.398 e. The summed E-state index contributed by atoms with van der Waals surface area (Å²) in [6.45, 7) is 3.63. The van der Waals surface area contributed by atoms with Gasteiger partial charge in [0, 0.05) is 36.7 Å². The van der Waals surface area contributed by atoms with Crippen molar-refractivity contribution in [2.75, 3.05) is 25.4 Å². The molecular formula is C15H21BrClN3O2. The Labute approximate surface area is 145 Å². The number of hydrogen-bond donors (Lipinski definition) is 2. The molecule has 0 bridgehead atoms. The average molecular weight is 391 g/mol. The number of nitrogen functional groups attached to an aromatic ring is 1. The number of piperidine rings is 1. The number of nitrogens with one attached hydrogen (secondary N) is 1. The van der Waals surface area contributed by atoms with E-state index in [-0.39, 0.29) is 24.2 Å². The van der Waals surface area contributed by atoms with Crippen LogP contribution in [-0.4, -0.2) is 36.3 Å². The third kappa shape index (κ3) is 4.88. The van der Waals surface area contributed by atoms with Gasteiger partial charge in [0.25, 0.3) is 5.91 Å². The number of amides is 2. The predicted molar refractivity (Wildman–Crippen MR) is 93.1 cm³/mol. The smallest absolute Gasteiger partial charge is 0.255 e. The van der Waals surface area contributed by atoms with Crippen LogP contribution < -0.4 is 11.1 Å². The largest absolute Gasteiger partial charge is 0.398 e.